The van der Waals surface area contributed by atoms with Gasteiger partial charge in [-0.2, -0.15) is 5.26 Å². The summed E-state index contributed by atoms with van der Waals surface area (Å²) in [5.74, 6) is -1.16. The molecule has 1 fully saturated rings. The summed E-state index contributed by atoms with van der Waals surface area (Å²) in [4.78, 5) is 24.0. The third-order valence-corrected chi connectivity index (χ3v) is 2.81. The van der Waals surface area contributed by atoms with E-state index >= 15 is 0 Å². The van der Waals surface area contributed by atoms with Crippen molar-refractivity contribution in [3.63, 3.8) is 0 Å². The minimum absolute atomic E-state index is 0.0393. The molecule has 1 aromatic rings. The topological polar surface area (TPSA) is 73.2 Å². The molecule has 92 valence electrons. The fraction of sp³-hybridized carbons (Fsp3) is 0.250. The number of amides is 2. The zero-order chi connectivity index (χ0) is 13.3. The van der Waals surface area contributed by atoms with Crippen LogP contribution in [0.2, 0.25) is 0 Å². The number of halogens is 1. The van der Waals surface area contributed by atoms with E-state index in [0.717, 1.165) is 11.0 Å². The summed E-state index contributed by atoms with van der Waals surface area (Å²) >= 11 is 0. The maximum Gasteiger partial charge on any atom is 0.251 e. The Balaban J connectivity index is 2.23. The van der Waals surface area contributed by atoms with E-state index in [1.54, 1.807) is 0 Å². The number of hydrogen-bond acceptors (Lipinski definition) is 4. The molecule has 2 amide bonds. The second-order valence-corrected chi connectivity index (χ2v) is 3.99. The Morgan fingerprint density at radius 3 is 2.78 bits per heavy atom. The van der Waals surface area contributed by atoms with Crippen LogP contribution in [0.4, 0.5) is 10.1 Å². The molecule has 0 radical (unpaired) electrons. The summed E-state index contributed by atoms with van der Waals surface area (Å²) in [5.41, 5.74) is 0.449. The number of rotatable bonds is 2. The first kappa shape index (κ1) is 12.0. The number of carbonyl (C=O) groups is 2. The van der Waals surface area contributed by atoms with E-state index in [9.17, 15) is 14.0 Å². The van der Waals surface area contributed by atoms with Gasteiger partial charge in [-0.15, -0.1) is 0 Å². The molecule has 1 aliphatic rings. The van der Waals surface area contributed by atoms with Gasteiger partial charge in [0, 0.05) is 7.05 Å². The number of nitriles is 1. The van der Waals surface area contributed by atoms with Gasteiger partial charge in [0.25, 0.3) is 5.91 Å². The molecule has 1 aromatic carbocycles. The van der Waals surface area contributed by atoms with E-state index < -0.39 is 11.9 Å². The molecule has 6 heteroatoms. The molecular weight excluding hydrogens is 237 g/mol. The molecule has 1 heterocycles. The lowest BCUT2D eigenvalue weighted by molar-refractivity contribution is -0.136. The number of nitrogens with one attached hydrogen (secondary N) is 1. The van der Waals surface area contributed by atoms with Crippen LogP contribution in [0, 0.1) is 17.1 Å². The van der Waals surface area contributed by atoms with Crippen molar-refractivity contribution >= 4 is 17.5 Å². The lowest BCUT2D eigenvalue weighted by atomic mass is 10.1. The van der Waals surface area contributed by atoms with E-state index in [4.69, 9.17) is 5.26 Å². The second kappa shape index (κ2) is 4.45. The molecule has 1 saturated heterocycles. The zero-order valence-corrected chi connectivity index (χ0v) is 9.61. The van der Waals surface area contributed by atoms with Gasteiger partial charge in [-0.05, 0) is 18.2 Å². The number of likely N-dealkylation sites (N-methyl/N-ethyl adjacent to an activating group) is 1. The molecule has 0 bridgehead atoms. The Kier molecular flexibility index (Phi) is 2.98. The number of imide groups is 1. The number of anilines is 1. The summed E-state index contributed by atoms with van der Waals surface area (Å²) in [6, 6.07) is 4.79. The maximum atomic E-state index is 12.9. The predicted molar refractivity (Wildman–Crippen MR) is 60.9 cm³/mol. The van der Waals surface area contributed by atoms with Crippen molar-refractivity contribution in [3.8, 4) is 6.07 Å². The van der Waals surface area contributed by atoms with Crippen LogP contribution in [0.15, 0.2) is 18.2 Å². The van der Waals surface area contributed by atoms with Crippen LogP contribution >= 0.6 is 0 Å². The first-order valence-corrected chi connectivity index (χ1v) is 5.29. The molecule has 1 atom stereocenters. The summed E-state index contributed by atoms with van der Waals surface area (Å²) in [5, 5.41) is 11.7. The lowest BCUT2D eigenvalue weighted by Gasteiger charge is -2.13. The largest absolute Gasteiger partial charge is 0.372 e. The molecule has 1 N–H and O–H groups in total. The van der Waals surface area contributed by atoms with Crippen LogP contribution in [0.3, 0.4) is 0 Å². The minimum Gasteiger partial charge on any atom is -0.372 e. The van der Waals surface area contributed by atoms with Crippen molar-refractivity contribution in [1.82, 2.24) is 4.90 Å². The number of nitrogens with zero attached hydrogens (tertiary/aromatic N) is 2. The third kappa shape index (κ3) is 2.02. The number of hydrogen-bond donors (Lipinski definition) is 1. The number of likely N-dealkylation sites (tertiary alicyclic amines) is 1. The zero-order valence-electron chi connectivity index (χ0n) is 9.61. The van der Waals surface area contributed by atoms with Gasteiger partial charge in [-0.25, -0.2) is 4.39 Å². The molecule has 0 saturated carbocycles. The van der Waals surface area contributed by atoms with E-state index in [0.29, 0.717) is 5.69 Å². The Labute approximate surface area is 103 Å². The van der Waals surface area contributed by atoms with Crippen molar-refractivity contribution in [1.29, 1.82) is 5.26 Å². The van der Waals surface area contributed by atoms with Gasteiger partial charge in [0.1, 0.15) is 17.9 Å². The average Bonchev–Trinajstić information content (AvgIpc) is 2.59. The SMILES string of the molecule is CN1C(=O)CC(Nc2ccc(F)cc2C#N)C1=O. The molecule has 1 unspecified atom stereocenters. The van der Waals surface area contributed by atoms with Crippen LogP contribution in [0.25, 0.3) is 0 Å². The predicted octanol–water partition coefficient (Wildman–Crippen LogP) is 0.867. The lowest BCUT2D eigenvalue weighted by Crippen LogP contribution is -2.32. The molecule has 18 heavy (non-hydrogen) atoms. The van der Waals surface area contributed by atoms with Gasteiger partial charge in [-0.1, -0.05) is 0 Å². The van der Waals surface area contributed by atoms with Gasteiger partial charge in [-0.3, -0.25) is 14.5 Å². The molecular formula is C12H10FN3O2. The monoisotopic (exact) mass is 247 g/mol. The van der Waals surface area contributed by atoms with Crippen molar-refractivity contribution < 1.29 is 14.0 Å². The molecule has 1 aliphatic heterocycles. The fourth-order valence-corrected chi connectivity index (χ4v) is 1.79. The summed E-state index contributed by atoms with van der Waals surface area (Å²) < 4.78 is 12.9. The Morgan fingerprint density at radius 1 is 1.50 bits per heavy atom. The normalized spacial score (nSPS) is 18.9. The highest BCUT2D eigenvalue weighted by molar-refractivity contribution is 6.06. The summed E-state index contributed by atoms with van der Waals surface area (Å²) in [6.45, 7) is 0. The van der Waals surface area contributed by atoms with E-state index in [-0.39, 0.29) is 23.8 Å². The second-order valence-electron chi connectivity index (χ2n) is 3.99. The number of benzene rings is 1. The quantitative estimate of drug-likeness (QED) is 0.787. The van der Waals surface area contributed by atoms with Gasteiger partial charge in [0.15, 0.2) is 0 Å². The van der Waals surface area contributed by atoms with Gasteiger partial charge in [0.05, 0.1) is 17.7 Å². The standard InChI is InChI=1S/C12H10FN3O2/c1-16-11(17)5-10(12(16)18)15-9-3-2-8(13)4-7(9)6-14/h2-4,10,15H,5H2,1H3. The van der Waals surface area contributed by atoms with Crippen LogP contribution in [-0.4, -0.2) is 29.8 Å². The van der Waals surface area contributed by atoms with E-state index in [1.807, 2.05) is 6.07 Å². The maximum absolute atomic E-state index is 12.9. The van der Waals surface area contributed by atoms with Gasteiger partial charge < -0.3 is 5.32 Å². The highest BCUT2D eigenvalue weighted by atomic mass is 19.1. The Bertz CT molecular complexity index is 565. The van der Waals surface area contributed by atoms with Crippen LogP contribution in [0.1, 0.15) is 12.0 Å². The van der Waals surface area contributed by atoms with Crippen LogP contribution in [-0.2, 0) is 9.59 Å². The molecule has 5 nitrogen and oxygen atoms in total. The van der Waals surface area contributed by atoms with Crippen molar-refractivity contribution in [3.05, 3.63) is 29.6 Å². The number of carbonyl (C=O) groups excluding carboxylic acids is 2. The summed E-state index contributed by atoms with van der Waals surface area (Å²) in [6.07, 6.45) is 0.0393. The van der Waals surface area contributed by atoms with Crippen molar-refractivity contribution in [2.45, 2.75) is 12.5 Å². The van der Waals surface area contributed by atoms with Gasteiger partial charge >= 0.3 is 0 Å². The Morgan fingerprint density at radius 2 is 2.22 bits per heavy atom. The Hall–Kier alpha value is -2.42. The fourth-order valence-electron chi connectivity index (χ4n) is 1.79. The highest BCUT2D eigenvalue weighted by Crippen LogP contribution is 2.21. The average molecular weight is 247 g/mol. The molecule has 0 spiro atoms. The van der Waals surface area contributed by atoms with Crippen LogP contribution < -0.4 is 5.32 Å². The molecule has 2 rings (SSSR count). The van der Waals surface area contributed by atoms with Crippen LogP contribution in [0.5, 0.6) is 0 Å². The van der Waals surface area contributed by atoms with E-state index in [2.05, 4.69) is 5.32 Å². The van der Waals surface area contributed by atoms with Crippen molar-refractivity contribution in [2.24, 2.45) is 0 Å². The first-order chi connectivity index (χ1) is 8.52. The summed E-state index contributed by atoms with van der Waals surface area (Å²) in [7, 11) is 1.40. The van der Waals surface area contributed by atoms with Crippen molar-refractivity contribution in [2.75, 3.05) is 12.4 Å². The molecule has 0 aliphatic carbocycles. The van der Waals surface area contributed by atoms with Gasteiger partial charge in [0.2, 0.25) is 5.91 Å². The first-order valence-electron chi connectivity index (χ1n) is 5.29. The van der Waals surface area contributed by atoms with E-state index in [1.165, 1.54) is 19.2 Å². The molecule has 0 aromatic heterocycles. The minimum atomic E-state index is -0.694. The smallest absolute Gasteiger partial charge is 0.251 e. The highest BCUT2D eigenvalue weighted by Gasteiger charge is 2.36. The third-order valence-electron chi connectivity index (χ3n) is 2.81.